The fourth-order valence-corrected chi connectivity index (χ4v) is 2.34. The summed E-state index contributed by atoms with van der Waals surface area (Å²) in [6.45, 7) is 0. The standard InChI is InChI=1S/C16H11ClO4/c1-20-14-6-5-9(7-13(14)19)15-8-12(18)10-3-2-4-11(17)16(10)21-15/h2-8,19H,1H3. The van der Waals surface area contributed by atoms with Crippen molar-refractivity contribution in [3.63, 3.8) is 0 Å². The van der Waals surface area contributed by atoms with E-state index in [2.05, 4.69) is 0 Å². The molecule has 106 valence electrons. The van der Waals surface area contributed by atoms with Crippen LogP contribution in [0.15, 0.2) is 51.7 Å². The predicted octanol–water partition coefficient (Wildman–Crippen LogP) is 3.83. The summed E-state index contributed by atoms with van der Waals surface area (Å²) in [5.41, 5.74) is 0.702. The first-order chi connectivity index (χ1) is 10.1. The Kier molecular flexibility index (Phi) is 3.31. The Labute approximate surface area is 125 Å². The molecule has 0 bridgehead atoms. The monoisotopic (exact) mass is 302 g/mol. The van der Waals surface area contributed by atoms with Gasteiger partial charge in [0.15, 0.2) is 22.5 Å². The molecule has 0 fully saturated rings. The maximum Gasteiger partial charge on any atom is 0.193 e. The lowest BCUT2D eigenvalue weighted by Crippen LogP contribution is -2.00. The van der Waals surface area contributed by atoms with Gasteiger partial charge in [-0.05, 0) is 30.3 Å². The van der Waals surface area contributed by atoms with Gasteiger partial charge < -0.3 is 14.3 Å². The SMILES string of the molecule is COc1ccc(-c2cc(=O)c3cccc(Cl)c3o2)cc1O. The van der Waals surface area contributed by atoms with E-state index in [0.717, 1.165) is 0 Å². The molecule has 0 aliphatic carbocycles. The Morgan fingerprint density at radius 3 is 2.71 bits per heavy atom. The summed E-state index contributed by atoms with van der Waals surface area (Å²) >= 11 is 6.07. The molecule has 0 spiro atoms. The second-order valence-corrected chi connectivity index (χ2v) is 4.89. The zero-order valence-corrected chi connectivity index (χ0v) is 11.8. The van der Waals surface area contributed by atoms with Crippen molar-refractivity contribution in [2.75, 3.05) is 7.11 Å². The summed E-state index contributed by atoms with van der Waals surface area (Å²) < 4.78 is 10.7. The van der Waals surface area contributed by atoms with E-state index in [4.69, 9.17) is 20.8 Å². The molecule has 21 heavy (non-hydrogen) atoms. The van der Waals surface area contributed by atoms with E-state index in [9.17, 15) is 9.90 Å². The fraction of sp³-hybridized carbons (Fsp3) is 0.0625. The molecule has 0 amide bonds. The van der Waals surface area contributed by atoms with Crippen LogP contribution >= 0.6 is 11.6 Å². The molecule has 0 aliphatic rings. The third-order valence-electron chi connectivity index (χ3n) is 3.17. The highest BCUT2D eigenvalue weighted by molar-refractivity contribution is 6.34. The van der Waals surface area contributed by atoms with Crippen molar-refractivity contribution in [1.82, 2.24) is 0 Å². The maximum atomic E-state index is 12.1. The molecule has 0 atom stereocenters. The fourth-order valence-electron chi connectivity index (χ4n) is 2.13. The molecule has 0 radical (unpaired) electrons. The van der Waals surface area contributed by atoms with Crippen molar-refractivity contribution < 1.29 is 14.3 Å². The molecular formula is C16H11ClO4. The van der Waals surface area contributed by atoms with Gasteiger partial charge >= 0.3 is 0 Å². The molecule has 1 aromatic heterocycles. The lowest BCUT2D eigenvalue weighted by atomic mass is 10.1. The number of hydrogen-bond acceptors (Lipinski definition) is 4. The topological polar surface area (TPSA) is 59.7 Å². The van der Waals surface area contributed by atoms with Gasteiger partial charge in [-0.3, -0.25) is 4.79 Å². The second kappa shape index (κ2) is 5.14. The summed E-state index contributed by atoms with van der Waals surface area (Å²) in [5.74, 6) is 0.648. The van der Waals surface area contributed by atoms with E-state index in [1.165, 1.54) is 19.2 Å². The van der Waals surface area contributed by atoms with Crippen LogP contribution in [0.4, 0.5) is 0 Å². The summed E-state index contributed by atoms with van der Waals surface area (Å²) in [6, 6.07) is 11.1. The number of benzene rings is 2. The number of aromatic hydroxyl groups is 1. The van der Waals surface area contributed by atoms with Crippen molar-refractivity contribution in [2.45, 2.75) is 0 Å². The number of methoxy groups -OCH3 is 1. The van der Waals surface area contributed by atoms with E-state index in [1.807, 2.05) is 0 Å². The van der Waals surface area contributed by atoms with Crippen LogP contribution in [0, 0.1) is 0 Å². The van der Waals surface area contributed by atoms with E-state index >= 15 is 0 Å². The van der Waals surface area contributed by atoms with Crippen molar-refractivity contribution >= 4 is 22.6 Å². The quantitative estimate of drug-likeness (QED) is 0.781. The zero-order valence-electron chi connectivity index (χ0n) is 11.1. The minimum atomic E-state index is -0.191. The number of ether oxygens (including phenoxy) is 1. The first-order valence-electron chi connectivity index (χ1n) is 6.20. The highest BCUT2D eigenvalue weighted by Gasteiger charge is 2.11. The minimum absolute atomic E-state index is 0.0306. The van der Waals surface area contributed by atoms with Crippen LogP contribution in [-0.2, 0) is 0 Å². The number of phenolic OH excluding ortho intramolecular Hbond substituents is 1. The second-order valence-electron chi connectivity index (χ2n) is 4.48. The highest BCUT2D eigenvalue weighted by Crippen LogP contribution is 2.32. The van der Waals surface area contributed by atoms with Crippen LogP contribution in [-0.4, -0.2) is 12.2 Å². The lowest BCUT2D eigenvalue weighted by Gasteiger charge is -2.07. The number of halogens is 1. The van der Waals surface area contributed by atoms with Crippen LogP contribution < -0.4 is 10.2 Å². The van der Waals surface area contributed by atoms with Gasteiger partial charge in [0.1, 0.15) is 5.76 Å². The van der Waals surface area contributed by atoms with Gasteiger partial charge in [0.05, 0.1) is 17.5 Å². The number of phenols is 1. The molecule has 3 aromatic rings. The van der Waals surface area contributed by atoms with E-state index < -0.39 is 0 Å². The molecule has 0 saturated carbocycles. The summed E-state index contributed by atoms with van der Waals surface area (Å²) in [5, 5.41) is 10.6. The Morgan fingerprint density at radius 1 is 1.19 bits per heavy atom. The molecular weight excluding hydrogens is 292 g/mol. The normalized spacial score (nSPS) is 10.8. The van der Waals surface area contributed by atoms with Gasteiger partial charge in [-0.1, -0.05) is 17.7 Å². The molecule has 1 N–H and O–H groups in total. The van der Waals surface area contributed by atoms with Crippen LogP contribution in [0.1, 0.15) is 0 Å². The molecule has 1 heterocycles. The average molecular weight is 303 g/mol. The summed E-state index contributed by atoms with van der Waals surface area (Å²) in [4.78, 5) is 12.1. The van der Waals surface area contributed by atoms with Gasteiger partial charge in [-0.25, -0.2) is 0 Å². The van der Waals surface area contributed by atoms with E-state index in [-0.39, 0.29) is 11.2 Å². The Bertz CT molecular complexity index is 883. The third-order valence-corrected chi connectivity index (χ3v) is 3.47. The van der Waals surface area contributed by atoms with Gasteiger partial charge in [-0.2, -0.15) is 0 Å². The highest BCUT2D eigenvalue weighted by atomic mass is 35.5. The molecule has 0 aliphatic heterocycles. The maximum absolute atomic E-state index is 12.1. The molecule has 3 rings (SSSR count). The van der Waals surface area contributed by atoms with Crippen LogP contribution in [0.2, 0.25) is 5.02 Å². The third kappa shape index (κ3) is 2.34. The lowest BCUT2D eigenvalue weighted by molar-refractivity contribution is 0.373. The van der Waals surface area contributed by atoms with Crippen LogP contribution in [0.3, 0.4) is 0 Å². The predicted molar refractivity (Wildman–Crippen MR) is 81.1 cm³/mol. The van der Waals surface area contributed by atoms with Crippen molar-refractivity contribution in [1.29, 1.82) is 0 Å². The largest absolute Gasteiger partial charge is 0.504 e. The molecule has 5 heteroatoms. The summed E-state index contributed by atoms with van der Waals surface area (Å²) in [6.07, 6.45) is 0. The Morgan fingerprint density at radius 2 is 2.00 bits per heavy atom. The minimum Gasteiger partial charge on any atom is -0.504 e. The Hall–Kier alpha value is -2.46. The van der Waals surface area contributed by atoms with E-state index in [0.29, 0.717) is 33.1 Å². The number of fused-ring (bicyclic) bond motifs is 1. The molecule has 4 nitrogen and oxygen atoms in total. The Balaban J connectivity index is 2.24. The van der Waals surface area contributed by atoms with Crippen molar-refractivity contribution in [2.24, 2.45) is 0 Å². The van der Waals surface area contributed by atoms with Crippen molar-refractivity contribution in [3.05, 3.63) is 57.7 Å². The van der Waals surface area contributed by atoms with Crippen LogP contribution in [0.5, 0.6) is 11.5 Å². The van der Waals surface area contributed by atoms with Gasteiger partial charge in [-0.15, -0.1) is 0 Å². The smallest absolute Gasteiger partial charge is 0.193 e. The zero-order chi connectivity index (χ0) is 15.0. The van der Waals surface area contributed by atoms with Crippen LogP contribution in [0.25, 0.3) is 22.3 Å². The molecule has 0 unspecified atom stereocenters. The number of para-hydroxylation sites is 1. The van der Waals surface area contributed by atoms with E-state index in [1.54, 1.807) is 30.3 Å². The number of rotatable bonds is 2. The van der Waals surface area contributed by atoms with Gasteiger partial charge in [0, 0.05) is 11.6 Å². The first-order valence-corrected chi connectivity index (χ1v) is 6.57. The molecule has 0 saturated heterocycles. The molecule has 2 aromatic carbocycles. The summed E-state index contributed by atoms with van der Waals surface area (Å²) in [7, 11) is 1.46. The average Bonchev–Trinajstić information content (AvgIpc) is 2.48. The first kappa shape index (κ1) is 13.5. The van der Waals surface area contributed by atoms with Gasteiger partial charge in [0.2, 0.25) is 0 Å². The number of hydrogen-bond donors (Lipinski definition) is 1. The van der Waals surface area contributed by atoms with Crippen molar-refractivity contribution in [3.8, 4) is 22.8 Å². The van der Waals surface area contributed by atoms with Gasteiger partial charge in [0.25, 0.3) is 0 Å².